The number of nitrogens with zero attached hydrogens (tertiary/aromatic N) is 1. The Labute approximate surface area is 122 Å². The molecule has 0 aliphatic carbocycles. The lowest BCUT2D eigenvalue weighted by molar-refractivity contribution is -0.119. The first-order valence-electron chi connectivity index (χ1n) is 7.35. The van der Waals surface area contributed by atoms with Crippen LogP contribution in [0.3, 0.4) is 0 Å². The monoisotopic (exact) mass is 277 g/mol. The summed E-state index contributed by atoms with van der Waals surface area (Å²) in [4.78, 5) is 14.0. The van der Waals surface area contributed by atoms with Gasteiger partial charge in [0.1, 0.15) is 0 Å². The molecular weight excluding hydrogens is 250 g/mol. The van der Waals surface area contributed by atoms with Crippen LogP contribution in [0.4, 0.5) is 5.69 Å². The maximum atomic E-state index is 11.6. The number of carbonyl (C=O) groups excluding carboxylic acids is 1. The third kappa shape index (κ3) is 7.14. The molecule has 1 rings (SSSR count). The van der Waals surface area contributed by atoms with Crippen molar-refractivity contribution < 1.29 is 4.79 Å². The molecule has 0 aliphatic rings. The number of amides is 1. The summed E-state index contributed by atoms with van der Waals surface area (Å²) in [5, 5.41) is 6.03. The average Bonchev–Trinajstić information content (AvgIpc) is 2.45. The number of nitrogens with one attached hydrogen (secondary N) is 2. The Kier molecular flexibility index (Phi) is 7.73. The molecule has 112 valence electrons. The summed E-state index contributed by atoms with van der Waals surface area (Å²) in [6.07, 6.45) is 2.13. The van der Waals surface area contributed by atoms with Crippen molar-refractivity contribution in [2.45, 2.75) is 32.7 Å². The van der Waals surface area contributed by atoms with E-state index in [1.54, 1.807) is 0 Å². The number of unbranched alkanes of at least 4 members (excludes halogenated alkanes) is 1. The van der Waals surface area contributed by atoms with Gasteiger partial charge in [0.2, 0.25) is 5.91 Å². The molecule has 0 radical (unpaired) electrons. The fourth-order valence-electron chi connectivity index (χ4n) is 1.77. The van der Waals surface area contributed by atoms with Crippen LogP contribution in [0.25, 0.3) is 0 Å². The molecule has 0 bridgehead atoms. The summed E-state index contributed by atoms with van der Waals surface area (Å²) in [5.74, 6) is 0.0473. The highest BCUT2D eigenvalue weighted by atomic mass is 16.1. The number of rotatable bonds is 9. The van der Waals surface area contributed by atoms with E-state index in [9.17, 15) is 4.79 Å². The van der Waals surface area contributed by atoms with Crippen molar-refractivity contribution in [1.29, 1.82) is 0 Å². The van der Waals surface area contributed by atoms with Crippen LogP contribution in [0.2, 0.25) is 0 Å². The van der Waals surface area contributed by atoms with Crippen LogP contribution in [0, 0.1) is 0 Å². The first-order chi connectivity index (χ1) is 9.59. The molecule has 20 heavy (non-hydrogen) atoms. The molecule has 0 aliphatic heterocycles. The van der Waals surface area contributed by atoms with Gasteiger partial charge in [-0.2, -0.15) is 0 Å². The molecule has 0 aromatic heterocycles. The Morgan fingerprint density at radius 2 is 1.90 bits per heavy atom. The van der Waals surface area contributed by atoms with E-state index in [0.717, 1.165) is 31.6 Å². The normalized spacial score (nSPS) is 10.8. The van der Waals surface area contributed by atoms with Crippen LogP contribution in [0.15, 0.2) is 30.3 Å². The first-order valence-corrected chi connectivity index (χ1v) is 7.35. The van der Waals surface area contributed by atoms with E-state index < -0.39 is 0 Å². The van der Waals surface area contributed by atoms with Gasteiger partial charge in [0.05, 0.1) is 6.54 Å². The summed E-state index contributed by atoms with van der Waals surface area (Å²) in [6.45, 7) is 6.54. The summed E-state index contributed by atoms with van der Waals surface area (Å²) in [7, 11) is 2.13. The molecule has 0 saturated heterocycles. The molecule has 2 N–H and O–H groups in total. The van der Waals surface area contributed by atoms with E-state index >= 15 is 0 Å². The van der Waals surface area contributed by atoms with E-state index in [4.69, 9.17) is 0 Å². The number of hydrogen-bond acceptors (Lipinski definition) is 3. The highest BCUT2D eigenvalue weighted by Gasteiger charge is 2.03. The minimum absolute atomic E-state index is 0.0473. The van der Waals surface area contributed by atoms with Crippen molar-refractivity contribution in [3.8, 4) is 0 Å². The number of carbonyl (C=O) groups is 1. The van der Waals surface area contributed by atoms with Crippen molar-refractivity contribution in [2.24, 2.45) is 0 Å². The summed E-state index contributed by atoms with van der Waals surface area (Å²) in [6, 6.07) is 10.3. The molecule has 0 atom stereocenters. The van der Waals surface area contributed by atoms with Crippen LogP contribution >= 0.6 is 0 Å². The van der Waals surface area contributed by atoms with Crippen molar-refractivity contribution in [3.63, 3.8) is 0 Å². The molecule has 1 aromatic rings. The maximum absolute atomic E-state index is 11.6. The minimum Gasteiger partial charge on any atom is -0.376 e. The minimum atomic E-state index is 0.0473. The van der Waals surface area contributed by atoms with Crippen LogP contribution in [0.1, 0.15) is 26.7 Å². The summed E-state index contributed by atoms with van der Waals surface area (Å²) < 4.78 is 0. The Morgan fingerprint density at radius 3 is 2.55 bits per heavy atom. The van der Waals surface area contributed by atoms with Gasteiger partial charge in [-0.15, -0.1) is 0 Å². The highest BCUT2D eigenvalue weighted by Crippen LogP contribution is 2.03. The van der Waals surface area contributed by atoms with Crippen LogP contribution in [-0.2, 0) is 4.79 Å². The highest BCUT2D eigenvalue weighted by molar-refractivity contribution is 5.80. The molecule has 0 spiro atoms. The van der Waals surface area contributed by atoms with Gasteiger partial charge in [-0.25, -0.2) is 0 Å². The fourth-order valence-corrected chi connectivity index (χ4v) is 1.77. The largest absolute Gasteiger partial charge is 0.376 e. The molecule has 1 amide bonds. The van der Waals surface area contributed by atoms with E-state index in [2.05, 4.69) is 36.4 Å². The second kappa shape index (κ2) is 9.37. The smallest absolute Gasteiger partial charge is 0.239 e. The second-order valence-electron chi connectivity index (χ2n) is 5.35. The number of anilines is 1. The van der Waals surface area contributed by atoms with Crippen molar-refractivity contribution in [2.75, 3.05) is 32.0 Å². The van der Waals surface area contributed by atoms with Gasteiger partial charge in [0.15, 0.2) is 0 Å². The zero-order valence-corrected chi connectivity index (χ0v) is 12.9. The number of benzene rings is 1. The quantitative estimate of drug-likeness (QED) is 0.681. The second-order valence-corrected chi connectivity index (χ2v) is 5.35. The molecule has 0 saturated carbocycles. The lowest BCUT2D eigenvalue weighted by atomic mass is 10.2. The zero-order valence-electron chi connectivity index (χ0n) is 12.9. The number of hydrogen-bond donors (Lipinski definition) is 2. The fraction of sp³-hybridized carbons (Fsp3) is 0.562. The predicted octanol–water partition coefficient (Wildman–Crippen LogP) is 2.34. The van der Waals surface area contributed by atoms with Crippen molar-refractivity contribution in [3.05, 3.63) is 30.3 Å². The van der Waals surface area contributed by atoms with Gasteiger partial charge >= 0.3 is 0 Å². The SMILES string of the molecule is CC(C)N(C)CCCCNC(=O)CNc1ccccc1. The molecule has 0 heterocycles. The third-order valence-corrected chi connectivity index (χ3v) is 3.37. The lowest BCUT2D eigenvalue weighted by Gasteiger charge is -2.20. The standard InChI is InChI=1S/C16H27N3O/c1-14(2)19(3)12-8-7-11-17-16(20)13-18-15-9-5-4-6-10-15/h4-6,9-10,14,18H,7-8,11-13H2,1-3H3,(H,17,20). The maximum Gasteiger partial charge on any atom is 0.239 e. The third-order valence-electron chi connectivity index (χ3n) is 3.37. The van der Waals surface area contributed by atoms with E-state index in [1.165, 1.54) is 0 Å². The Morgan fingerprint density at radius 1 is 1.20 bits per heavy atom. The van der Waals surface area contributed by atoms with E-state index in [1.807, 2.05) is 30.3 Å². The van der Waals surface area contributed by atoms with E-state index in [0.29, 0.717) is 12.6 Å². The van der Waals surface area contributed by atoms with Gasteiger partial charge < -0.3 is 15.5 Å². The van der Waals surface area contributed by atoms with Gasteiger partial charge in [-0.3, -0.25) is 4.79 Å². The summed E-state index contributed by atoms with van der Waals surface area (Å²) >= 11 is 0. The first kappa shape index (κ1) is 16.5. The molecule has 0 fully saturated rings. The molecule has 1 aromatic carbocycles. The lowest BCUT2D eigenvalue weighted by Crippen LogP contribution is -2.31. The molecule has 4 nitrogen and oxygen atoms in total. The Bertz CT molecular complexity index is 379. The van der Waals surface area contributed by atoms with Crippen molar-refractivity contribution in [1.82, 2.24) is 10.2 Å². The topological polar surface area (TPSA) is 44.4 Å². The predicted molar refractivity (Wildman–Crippen MR) is 84.9 cm³/mol. The van der Waals surface area contributed by atoms with E-state index in [-0.39, 0.29) is 5.91 Å². The average molecular weight is 277 g/mol. The van der Waals surface area contributed by atoms with Gasteiger partial charge in [-0.05, 0) is 52.4 Å². The van der Waals surface area contributed by atoms with Gasteiger partial charge in [0, 0.05) is 18.3 Å². The zero-order chi connectivity index (χ0) is 14.8. The van der Waals surface area contributed by atoms with Gasteiger partial charge in [-0.1, -0.05) is 18.2 Å². The van der Waals surface area contributed by atoms with Crippen molar-refractivity contribution >= 4 is 11.6 Å². The van der Waals surface area contributed by atoms with Crippen LogP contribution < -0.4 is 10.6 Å². The molecular formula is C16H27N3O. The Balaban J connectivity index is 2.03. The van der Waals surface area contributed by atoms with Crippen LogP contribution in [0.5, 0.6) is 0 Å². The summed E-state index contributed by atoms with van der Waals surface area (Å²) in [5.41, 5.74) is 0.973. The molecule has 4 heteroatoms. The number of para-hydroxylation sites is 1. The molecule has 0 unspecified atom stereocenters. The Hall–Kier alpha value is -1.55. The van der Waals surface area contributed by atoms with Crippen LogP contribution in [-0.4, -0.2) is 43.5 Å². The van der Waals surface area contributed by atoms with Gasteiger partial charge in [0.25, 0.3) is 0 Å².